The van der Waals surface area contributed by atoms with Crippen LogP contribution < -0.4 is 10.6 Å². The molecule has 0 bridgehead atoms. The summed E-state index contributed by atoms with van der Waals surface area (Å²) < 4.78 is 0. The molecule has 1 rings (SSSR count). The summed E-state index contributed by atoms with van der Waals surface area (Å²) in [4.78, 5) is 37.2. The van der Waals surface area contributed by atoms with Crippen molar-refractivity contribution in [1.29, 1.82) is 0 Å². The zero-order valence-corrected chi connectivity index (χ0v) is 17.8. The van der Waals surface area contributed by atoms with E-state index in [2.05, 4.69) is 10.6 Å². The van der Waals surface area contributed by atoms with Gasteiger partial charge in [-0.05, 0) is 37.2 Å². The molecule has 0 aliphatic carbocycles. The van der Waals surface area contributed by atoms with Crippen LogP contribution >= 0.6 is 0 Å². The third-order valence-corrected chi connectivity index (χ3v) is 5.22. The molecule has 1 aromatic rings. The van der Waals surface area contributed by atoms with Crippen LogP contribution in [0.2, 0.25) is 0 Å². The predicted molar refractivity (Wildman–Crippen MR) is 111 cm³/mol. The minimum atomic E-state index is -1.21. The molecular formula is C22H34N2O5. The number of aliphatic hydroxyl groups excluding tert-OH is 2. The van der Waals surface area contributed by atoms with Crippen LogP contribution in [-0.2, 0) is 20.8 Å². The first kappa shape index (κ1) is 24.8. The van der Waals surface area contributed by atoms with Crippen molar-refractivity contribution in [3.8, 4) is 0 Å². The molecule has 0 saturated carbocycles. The number of benzene rings is 1. The van der Waals surface area contributed by atoms with Crippen molar-refractivity contribution in [3.63, 3.8) is 0 Å². The minimum Gasteiger partial charge on any atom is -0.396 e. The van der Waals surface area contributed by atoms with Gasteiger partial charge in [0.15, 0.2) is 5.78 Å². The van der Waals surface area contributed by atoms with Crippen LogP contribution in [0.4, 0.5) is 0 Å². The first-order chi connectivity index (χ1) is 13.6. The number of amides is 2. The summed E-state index contributed by atoms with van der Waals surface area (Å²) >= 11 is 0. The van der Waals surface area contributed by atoms with Gasteiger partial charge in [-0.3, -0.25) is 14.4 Å². The average molecular weight is 407 g/mol. The predicted octanol–water partition coefficient (Wildman–Crippen LogP) is 1.21. The van der Waals surface area contributed by atoms with E-state index in [1.165, 1.54) is 6.92 Å². The van der Waals surface area contributed by atoms with Gasteiger partial charge in [0.25, 0.3) is 0 Å². The van der Waals surface area contributed by atoms with Gasteiger partial charge in [-0.25, -0.2) is 0 Å². The van der Waals surface area contributed by atoms with E-state index in [4.69, 9.17) is 0 Å². The van der Waals surface area contributed by atoms with Crippen molar-refractivity contribution in [2.75, 3.05) is 13.2 Å². The number of rotatable bonds is 12. The Kier molecular flexibility index (Phi) is 9.98. The van der Waals surface area contributed by atoms with Gasteiger partial charge >= 0.3 is 0 Å². The molecular weight excluding hydrogens is 372 g/mol. The number of Topliss-reactive ketones (excluding diaryl/α,β-unsaturated/α-hetero) is 1. The SMILES string of the molecule is CCC(C(=O)C(Cc1ccccc1)NC(=O)CNC(=O)C(C)O)C(C)(C)CCO. The molecule has 0 radical (unpaired) electrons. The van der Waals surface area contributed by atoms with Crippen molar-refractivity contribution >= 4 is 17.6 Å². The van der Waals surface area contributed by atoms with E-state index < -0.39 is 29.4 Å². The van der Waals surface area contributed by atoms with Crippen molar-refractivity contribution in [2.24, 2.45) is 11.3 Å². The fourth-order valence-electron chi connectivity index (χ4n) is 3.48. The number of hydrogen-bond donors (Lipinski definition) is 4. The molecule has 4 N–H and O–H groups in total. The zero-order valence-electron chi connectivity index (χ0n) is 17.8. The first-order valence-electron chi connectivity index (χ1n) is 10.1. The highest BCUT2D eigenvalue weighted by atomic mass is 16.3. The van der Waals surface area contributed by atoms with E-state index in [0.29, 0.717) is 19.3 Å². The van der Waals surface area contributed by atoms with Crippen LogP contribution in [-0.4, -0.2) is 53.1 Å². The smallest absolute Gasteiger partial charge is 0.248 e. The van der Waals surface area contributed by atoms with Gasteiger partial charge in [0.2, 0.25) is 11.8 Å². The number of ketones is 1. The Morgan fingerprint density at radius 3 is 2.28 bits per heavy atom. The van der Waals surface area contributed by atoms with Gasteiger partial charge in [-0.15, -0.1) is 0 Å². The van der Waals surface area contributed by atoms with Crippen LogP contribution in [0.25, 0.3) is 0 Å². The monoisotopic (exact) mass is 406 g/mol. The van der Waals surface area contributed by atoms with E-state index in [-0.39, 0.29) is 24.9 Å². The van der Waals surface area contributed by atoms with E-state index in [0.717, 1.165) is 5.56 Å². The second kappa shape index (κ2) is 11.7. The highest BCUT2D eigenvalue weighted by Crippen LogP contribution is 2.34. The van der Waals surface area contributed by atoms with Gasteiger partial charge < -0.3 is 20.8 Å². The normalized spacial score (nSPS) is 14.6. The standard InChI is InChI=1S/C22H34N2O5/c1-5-17(22(3,4)11-12-25)20(28)18(13-16-9-7-6-8-10-16)24-19(27)14-23-21(29)15(2)26/h6-10,15,17-18,25-26H,5,11-14H2,1-4H3,(H,23,29)(H,24,27). The Balaban J connectivity index is 2.99. The third-order valence-electron chi connectivity index (χ3n) is 5.22. The molecule has 0 heterocycles. The fraction of sp³-hybridized carbons (Fsp3) is 0.591. The summed E-state index contributed by atoms with van der Waals surface area (Å²) in [5.74, 6) is -1.58. The Morgan fingerprint density at radius 1 is 1.14 bits per heavy atom. The van der Waals surface area contributed by atoms with Crippen LogP contribution in [0.15, 0.2) is 30.3 Å². The molecule has 7 nitrogen and oxygen atoms in total. The number of aliphatic hydroxyl groups is 2. The Hall–Kier alpha value is -2.25. The molecule has 0 aliphatic heterocycles. The fourth-order valence-corrected chi connectivity index (χ4v) is 3.48. The van der Waals surface area contributed by atoms with Crippen LogP contribution in [0.1, 0.15) is 46.1 Å². The lowest BCUT2D eigenvalue weighted by Crippen LogP contribution is -2.51. The highest BCUT2D eigenvalue weighted by Gasteiger charge is 2.37. The summed E-state index contributed by atoms with van der Waals surface area (Å²) in [6, 6.07) is 8.65. The summed E-state index contributed by atoms with van der Waals surface area (Å²) in [6.45, 7) is 6.78. The molecule has 2 amide bonds. The molecule has 0 aromatic heterocycles. The summed E-state index contributed by atoms with van der Waals surface area (Å²) in [6.07, 6.45) is 0.189. The Labute approximate surface area is 172 Å². The molecule has 3 atom stereocenters. The zero-order chi connectivity index (χ0) is 22.0. The van der Waals surface area contributed by atoms with E-state index in [1.54, 1.807) is 0 Å². The highest BCUT2D eigenvalue weighted by molar-refractivity contribution is 5.93. The van der Waals surface area contributed by atoms with E-state index in [9.17, 15) is 24.6 Å². The number of nitrogens with one attached hydrogen (secondary N) is 2. The Morgan fingerprint density at radius 2 is 1.76 bits per heavy atom. The molecule has 3 unspecified atom stereocenters. The molecule has 0 saturated heterocycles. The largest absolute Gasteiger partial charge is 0.396 e. The molecule has 0 aliphatic rings. The molecule has 1 aromatic carbocycles. The summed E-state index contributed by atoms with van der Waals surface area (Å²) in [7, 11) is 0. The number of carbonyl (C=O) groups excluding carboxylic acids is 3. The average Bonchev–Trinajstić information content (AvgIpc) is 2.66. The molecule has 0 spiro atoms. The number of carbonyl (C=O) groups is 3. The van der Waals surface area contributed by atoms with Gasteiger partial charge in [0.05, 0.1) is 12.6 Å². The molecule has 162 valence electrons. The van der Waals surface area contributed by atoms with Gasteiger partial charge in [-0.1, -0.05) is 51.1 Å². The lowest BCUT2D eigenvalue weighted by molar-refractivity contribution is -0.134. The van der Waals surface area contributed by atoms with E-state index in [1.807, 2.05) is 51.1 Å². The van der Waals surface area contributed by atoms with Crippen LogP contribution in [0.3, 0.4) is 0 Å². The van der Waals surface area contributed by atoms with Gasteiger partial charge in [-0.2, -0.15) is 0 Å². The van der Waals surface area contributed by atoms with Crippen molar-refractivity contribution in [1.82, 2.24) is 10.6 Å². The second-order valence-electron chi connectivity index (χ2n) is 8.03. The molecule has 7 heteroatoms. The van der Waals surface area contributed by atoms with Gasteiger partial charge in [0.1, 0.15) is 6.10 Å². The van der Waals surface area contributed by atoms with Gasteiger partial charge in [0, 0.05) is 12.5 Å². The molecule has 29 heavy (non-hydrogen) atoms. The molecule has 0 fully saturated rings. The second-order valence-corrected chi connectivity index (χ2v) is 8.03. The van der Waals surface area contributed by atoms with Crippen LogP contribution in [0.5, 0.6) is 0 Å². The van der Waals surface area contributed by atoms with Crippen LogP contribution in [0, 0.1) is 11.3 Å². The summed E-state index contributed by atoms with van der Waals surface area (Å²) in [5.41, 5.74) is 0.495. The van der Waals surface area contributed by atoms with Crippen molar-refractivity contribution < 1.29 is 24.6 Å². The van der Waals surface area contributed by atoms with Crippen molar-refractivity contribution in [2.45, 2.75) is 59.1 Å². The van der Waals surface area contributed by atoms with E-state index >= 15 is 0 Å². The maximum atomic E-state index is 13.4. The minimum absolute atomic E-state index is 0.0160. The lowest BCUT2D eigenvalue weighted by atomic mass is 9.71. The first-order valence-corrected chi connectivity index (χ1v) is 10.1. The number of hydrogen-bond acceptors (Lipinski definition) is 5. The van der Waals surface area contributed by atoms with Crippen molar-refractivity contribution in [3.05, 3.63) is 35.9 Å². The third kappa shape index (κ3) is 7.95. The summed E-state index contributed by atoms with van der Waals surface area (Å²) in [5, 5.41) is 23.7. The quantitative estimate of drug-likeness (QED) is 0.416. The lowest BCUT2D eigenvalue weighted by Gasteiger charge is -2.35. The topological polar surface area (TPSA) is 116 Å². The Bertz CT molecular complexity index is 673. The maximum absolute atomic E-state index is 13.4. The maximum Gasteiger partial charge on any atom is 0.248 e.